The molecular formula is C8H15F2N. The zero-order valence-electron chi connectivity index (χ0n) is 6.82. The Bertz CT molecular complexity index is 113. The fraction of sp³-hybridized carbons (Fsp3) is 1.00. The van der Waals surface area contributed by atoms with Crippen molar-refractivity contribution in [2.75, 3.05) is 6.54 Å². The van der Waals surface area contributed by atoms with E-state index in [-0.39, 0.29) is 12.6 Å². The van der Waals surface area contributed by atoms with Gasteiger partial charge in [-0.05, 0) is 19.3 Å². The number of hydrogen-bond donors (Lipinski definition) is 1. The Morgan fingerprint density at radius 2 is 2.09 bits per heavy atom. The van der Waals surface area contributed by atoms with Gasteiger partial charge in [-0.3, -0.25) is 0 Å². The van der Waals surface area contributed by atoms with Gasteiger partial charge in [0.05, 0.1) is 6.54 Å². The van der Waals surface area contributed by atoms with Crippen LogP contribution in [0.4, 0.5) is 8.78 Å². The van der Waals surface area contributed by atoms with Crippen LogP contribution in [0.3, 0.4) is 0 Å². The van der Waals surface area contributed by atoms with Gasteiger partial charge in [-0.15, -0.1) is 0 Å². The molecule has 1 saturated carbocycles. The van der Waals surface area contributed by atoms with Crippen molar-refractivity contribution in [2.24, 2.45) is 5.92 Å². The minimum absolute atomic E-state index is 0.159. The van der Waals surface area contributed by atoms with E-state index in [2.05, 4.69) is 5.32 Å². The molecule has 1 unspecified atom stereocenters. The van der Waals surface area contributed by atoms with E-state index in [0.29, 0.717) is 0 Å². The third kappa shape index (κ3) is 4.30. The molecular weight excluding hydrogens is 148 g/mol. The quantitative estimate of drug-likeness (QED) is 0.654. The van der Waals surface area contributed by atoms with E-state index in [9.17, 15) is 8.78 Å². The van der Waals surface area contributed by atoms with E-state index >= 15 is 0 Å². The smallest absolute Gasteiger partial charge is 0.250 e. The third-order valence-corrected chi connectivity index (χ3v) is 2.00. The normalized spacial score (nSPS) is 20.7. The van der Waals surface area contributed by atoms with Crippen molar-refractivity contribution in [3.8, 4) is 0 Å². The molecule has 3 heteroatoms. The Kier molecular flexibility index (Phi) is 3.24. The minimum atomic E-state index is -2.21. The first-order chi connectivity index (χ1) is 5.18. The second-order valence-electron chi connectivity index (χ2n) is 3.38. The van der Waals surface area contributed by atoms with Gasteiger partial charge in [0.25, 0.3) is 6.43 Å². The Morgan fingerprint density at radius 1 is 1.45 bits per heavy atom. The Labute approximate surface area is 66.2 Å². The van der Waals surface area contributed by atoms with Crippen molar-refractivity contribution in [3.63, 3.8) is 0 Å². The van der Waals surface area contributed by atoms with Crippen LogP contribution < -0.4 is 5.32 Å². The maximum Gasteiger partial charge on any atom is 0.250 e. The molecule has 66 valence electrons. The van der Waals surface area contributed by atoms with Gasteiger partial charge < -0.3 is 5.32 Å². The van der Waals surface area contributed by atoms with Crippen LogP contribution in [0.15, 0.2) is 0 Å². The molecule has 1 N–H and O–H groups in total. The van der Waals surface area contributed by atoms with E-state index in [4.69, 9.17) is 0 Å². The molecule has 0 aromatic rings. The van der Waals surface area contributed by atoms with Crippen LogP contribution in [0.5, 0.6) is 0 Å². The van der Waals surface area contributed by atoms with Gasteiger partial charge in [0.2, 0.25) is 0 Å². The molecule has 11 heavy (non-hydrogen) atoms. The summed E-state index contributed by atoms with van der Waals surface area (Å²) in [7, 11) is 0. The Balaban J connectivity index is 1.95. The van der Waals surface area contributed by atoms with Crippen molar-refractivity contribution in [3.05, 3.63) is 0 Å². The van der Waals surface area contributed by atoms with E-state index in [1.54, 1.807) is 0 Å². The molecule has 0 aliphatic heterocycles. The summed E-state index contributed by atoms with van der Waals surface area (Å²) in [6, 6.07) is 0.261. The third-order valence-electron chi connectivity index (χ3n) is 2.00. The predicted molar refractivity (Wildman–Crippen MR) is 40.8 cm³/mol. The molecule has 1 aliphatic rings. The number of rotatable bonds is 5. The monoisotopic (exact) mass is 163 g/mol. The Morgan fingerprint density at radius 3 is 2.55 bits per heavy atom. The largest absolute Gasteiger partial charge is 0.309 e. The zero-order chi connectivity index (χ0) is 8.27. The second kappa shape index (κ2) is 4.00. The maximum atomic E-state index is 11.7. The molecule has 0 heterocycles. The van der Waals surface area contributed by atoms with Gasteiger partial charge in [0, 0.05) is 6.04 Å². The van der Waals surface area contributed by atoms with Gasteiger partial charge in [-0.2, -0.15) is 0 Å². The number of halogens is 2. The molecule has 0 radical (unpaired) electrons. The standard InChI is InChI=1S/C8H15F2N/c1-6(4-7-2-3-7)11-5-8(9)10/h6-8,11H,2-5H2,1H3. The van der Waals surface area contributed by atoms with Crippen LogP contribution in [-0.4, -0.2) is 19.0 Å². The molecule has 1 atom stereocenters. The topological polar surface area (TPSA) is 12.0 Å². The first-order valence-corrected chi connectivity index (χ1v) is 4.20. The summed E-state index contributed by atoms with van der Waals surface area (Å²) in [6.07, 6.45) is 1.44. The fourth-order valence-electron chi connectivity index (χ4n) is 1.23. The van der Waals surface area contributed by atoms with Crippen molar-refractivity contribution in [2.45, 2.75) is 38.7 Å². The highest BCUT2D eigenvalue weighted by atomic mass is 19.3. The lowest BCUT2D eigenvalue weighted by atomic mass is 10.2. The lowest BCUT2D eigenvalue weighted by Crippen LogP contribution is -2.30. The highest BCUT2D eigenvalue weighted by Crippen LogP contribution is 2.33. The molecule has 0 spiro atoms. The molecule has 0 bridgehead atoms. The van der Waals surface area contributed by atoms with E-state index < -0.39 is 6.43 Å². The summed E-state index contributed by atoms with van der Waals surface area (Å²) < 4.78 is 23.4. The van der Waals surface area contributed by atoms with E-state index in [1.165, 1.54) is 12.8 Å². The summed E-state index contributed by atoms with van der Waals surface area (Å²) in [5.41, 5.74) is 0. The van der Waals surface area contributed by atoms with Gasteiger partial charge in [-0.25, -0.2) is 8.78 Å². The minimum Gasteiger partial charge on any atom is -0.309 e. The van der Waals surface area contributed by atoms with Crippen molar-refractivity contribution < 1.29 is 8.78 Å². The highest BCUT2D eigenvalue weighted by molar-refractivity contribution is 4.77. The molecule has 1 nitrogen and oxygen atoms in total. The summed E-state index contributed by atoms with van der Waals surface area (Å²) in [4.78, 5) is 0. The molecule has 0 aromatic carbocycles. The van der Waals surface area contributed by atoms with Crippen LogP contribution in [-0.2, 0) is 0 Å². The lowest BCUT2D eigenvalue weighted by molar-refractivity contribution is 0.141. The maximum absolute atomic E-state index is 11.7. The lowest BCUT2D eigenvalue weighted by Gasteiger charge is -2.11. The Hall–Kier alpha value is -0.180. The van der Waals surface area contributed by atoms with Crippen molar-refractivity contribution >= 4 is 0 Å². The summed E-state index contributed by atoms with van der Waals surface area (Å²) >= 11 is 0. The van der Waals surface area contributed by atoms with Crippen LogP contribution in [0.1, 0.15) is 26.2 Å². The molecule has 0 saturated heterocycles. The van der Waals surface area contributed by atoms with Crippen LogP contribution in [0.2, 0.25) is 0 Å². The van der Waals surface area contributed by atoms with Gasteiger partial charge in [0.1, 0.15) is 0 Å². The van der Waals surface area contributed by atoms with Crippen molar-refractivity contribution in [1.82, 2.24) is 5.32 Å². The first-order valence-electron chi connectivity index (χ1n) is 4.20. The van der Waals surface area contributed by atoms with Crippen LogP contribution in [0.25, 0.3) is 0 Å². The number of nitrogens with one attached hydrogen (secondary N) is 1. The van der Waals surface area contributed by atoms with Crippen molar-refractivity contribution in [1.29, 1.82) is 0 Å². The van der Waals surface area contributed by atoms with E-state index in [1.807, 2.05) is 6.92 Å². The molecule has 0 aromatic heterocycles. The SMILES string of the molecule is CC(CC1CC1)NCC(F)F. The number of alkyl halides is 2. The summed E-state index contributed by atoms with van der Waals surface area (Å²) in [6.45, 7) is 1.81. The van der Waals surface area contributed by atoms with Crippen LogP contribution >= 0.6 is 0 Å². The molecule has 1 fully saturated rings. The van der Waals surface area contributed by atoms with E-state index in [0.717, 1.165) is 12.3 Å². The fourth-order valence-corrected chi connectivity index (χ4v) is 1.23. The molecule has 0 amide bonds. The number of hydrogen-bond acceptors (Lipinski definition) is 1. The van der Waals surface area contributed by atoms with Gasteiger partial charge >= 0.3 is 0 Å². The zero-order valence-corrected chi connectivity index (χ0v) is 6.82. The molecule has 1 rings (SSSR count). The highest BCUT2D eigenvalue weighted by Gasteiger charge is 2.23. The van der Waals surface area contributed by atoms with Gasteiger partial charge in [-0.1, -0.05) is 12.8 Å². The molecule has 1 aliphatic carbocycles. The van der Waals surface area contributed by atoms with Crippen LogP contribution in [0, 0.1) is 5.92 Å². The predicted octanol–water partition coefficient (Wildman–Crippen LogP) is 2.03. The average molecular weight is 163 g/mol. The average Bonchev–Trinajstić information content (AvgIpc) is 2.67. The first kappa shape index (κ1) is 8.91. The summed E-state index contributed by atoms with van der Waals surface area (Å²) in [5.74, 6) is 0.815. The second-order valence-corrected chi connectivity index (χ2v) is 3.38. The summed E-state index contributed by atoms with van der Waals surface area (Å²) in [5, 5.41) is 2.80. The van der Waals surface area contributed by atoms with Gasteiger partial charge in [0.15, 0.2) is 0 Å².